The van der Waals surface area contributed by atoms with Crippen molar-refractivity contribution in [3.05, 3.63) is 83.9 Å². The van der Waals surface area contributed by atoms with Gasteiger partial charge in [0.2, 0.25) is 6.79 Å². The number of carbonyl (C=O) groups is 1. The van der Waals surface area contributed by atoms with Crippen molar-refractivity contribution < 1.29 is 19.0 Å². The number of anilines is 1. The molecule has 3 aromatic carbocycles. The highest BCUT2D eigenvalue weighted by Gasteiger charge is 2.35. The molecule has 7 rings (SSSR count). The minimum atomic E-state index is 0.0481. The number of pyridine rings is 1. The van der Waals surface area contributed by atoms with Crippen LogP contribution in [-0.4, -0.2) is 66.5 Å². The fourth-order valence-corrected chi connectivity index (χ4v) is 5.93. The van der Waals surface area contributed by atoms with Gasteiger partial charge < -0.3 is 24.4 Å². The molecule has 1 amide bonds. The zero-order chi connectivity index (χ0) is 26.9. The van der Waals surface area contributed by atoms with Gasteiger partial charge in [-0.15, -0.1) is 0 Å². The van der Waals surface area contributed by atoms with Crippen LogP contribution in [-0.2, 0) is 11.3 Å². The van der Waals surface area contributed by atoms with Gasteiger partial charge in [0.1, 0.15) is 5.82 Å². The number of hydrogen-bond donors (Lipinski definition) is 1. The summed E-state index contributed by atoms with van der Waals surface area (Å²) in [6, 6.07) is 24.2. The Morgan fingerprint density at radius 2 is 1.70 bits per heavy atom. The van der Waals surface area contributed by atoms with Crippen LogP contribution >= 0.6 is 0 Å². The monoisotopic (exact) mass is 536 g/mol. The Morgan fingerprint density at radius 3 is 2.58 bits per heavy atom. The third-order valence-corrected chi connectivity index (χ3v) is 8.01. The van der Waals surface area contributed by atoms with Crippen LogP contribution in [0.3, 0.4) is 0 Å². The van der Waals surface area contributed by atoms with Crippen molar-refractivity contribution in [2.75, 3.05) is 45.0 Å². The average Bonchev–Trinajstić information content (AvgIpc) is 3.70. The van der Waals surface area contributed by atoms with Gasteiger partial charge in [0.15, 0.2) is 11.5 Å². The first-order valence-corrected chi connectivity index (χ1v) is 14.0. The summed E-state index contributed by atoms with van der Waals surface area (Å²) >= 11 is 0. The fourth-order valence-electron chi connectivity index (χ4n) is 5.93. The molecule has 40 heavy (non-hydrogen) atoms. The summed E-state index contributed by atoms with van der Waals surface area (Å²) in [6.07, 6.45) is 2.08. The SMILES string of the molecule is O=C(c1cc(NCc2ccccc2)nc2ccc(-c3ccc4c(c3)OCO4)cc12)N1CCCC1N1CCOCC1. The molecule has 0 spiro atoms. The van der Waals surface area contributed by atoms with Crippen molar-refractivity contribution in [2.24, 2.45) is 0 Å². The van der Waals surface area contributed by atoms with Gasteiger partial charge in [-0.1, -0.05) is 42.5 Å². The lowest BCUT2D eigenvalue weighted by atomic mass is 9.99. The highest BCUT2D eigenvalue weighted by Crippen LogP contribution is 2.37. The Morgan fingerprint density at radius 1 is 0.900 bits per heavy atom. The van der Waals surface area contributed by atoms with Crippen LogP contribution in [0.2, 0.25) is 0 Å². The zero-order valence-electron chi connectivity index (χ0n) is 22.3. The van der Waals surface area contributed by atoms with E-state index in [1.807, 2.05) is 53.4 Å². The molecule has 3 aliphatic rings. The van der Waals surface area contributed by atoms with E-state index in [0.29, 0.717) is 31.1 Å². The van der Waals surface area contributed by atoms with E-state index < -0.39 is 0 Å². The molecule has 2 saturated heterocycles. The average molecular weight is 537 g/mol. The molecule has 0 radical (unpaired) electrons. The summed E-state index contributed by atoms with van der Waals surface area (Å²) in [4.78, 5) is 23.7. The van der Waals surface area contributed by atoms with Crippen LogP contribution in [0.4, 0.5) is 5.82 Å². The normalized spacial score (nSPS) is 18.8. The van der Waals surface area contributed by atoms with Gasteiger partial charge >= 0.3 is 0 Å². The number of carbonyl (C=O) groups excluding carboxylic acids is 1. The Labute approximate surface area is 233 Å². The molecule has 8 nitrogen and oxygen atoms in total. The van der Waals surface area contributed by atoms with Gasteiger partial charge in [-0.25, -0.2) is 4.98 Å². The maximum Gasteiger partial charge on any atom is 0.255 e. The highest BCUT2D eigenvalue weighted by molar-refractivity contribution is 6.08. The first-order valence-electron chi connectivity index (χ1n) is 14.0. The van der Waals surface area contributed by atoms with Crippen LogP contribution in [0.15, 0.2) is 72.8 Å². The van der Waals surface area contributed by atoms with E-state index in [4.69, 9.17) is 19.2 Å². The molecule has 0 aliphatic carbocycles. The van der Waals surface area contributed by atoms with E-state index in [9.17, 15) is 4.79 Å². The minimum Gasteiger partial charge on any atom is -0.454 e. The molecule has 0 saturated carbocycles. The van der Waals surface area contributed by atoms with Crippen LogP contribution in [0.5, 0.6) is 11.5 Å². The summed E-state index contributed by atoms with van der Waals surface area (Å²) in [5.41, 5.74) is 4.61. The van der Waals surface area contributed by atoms with E-state index in [1.54, 1.807) is 0 Å². The predicted octanol–water partition coefficient (Wildman–Crippen LogP) is 5.14. The number of likely N-dealkylation sites (tertiary alicyclic amines) is 1. The van der Waals surface area contributed by atoms with Crippen LogP contribution in [0.1, 0.15) is 28.8 Å². The van der Waals surface area contributed by atoms with Gasteiger partial charge in [0.05, 0.1) is 30.5 Å². The second kappa shape index (κ2) is 10.8. The summed E-state index contributed by atoms with van der Waals surface area (Å²) < 4.78 is 16.7. The third-order valence-electron chi connectivity index (χ3n) is 8.01. The number of ether oxygens (including phenoxy) is 3. The Bertz CT molecular complexity index is 1540. The van der Waals surface area contributed by atoms with Crippen LogP contribution in [0, 0.1) is 0 Å². The number of hydrogen-bond acceptors (Lipinski definition) is 7. The van der Waals surface area contributed by atoms with Gasteiger partial charge in [-0.05, 0) is 59.9 Å². The molecule has 204 valence electrons. The van der Waals surface area contributed by atoms with Crippen molar-refractivity contribution in [3.63, 3.8) is 0 Å². The van der Waals surface area contributed by atoms with E-state index in [1.165, 1.54) is 0 Å². The molecular weight excluding hydrogens is 504 g/mol. The second-order valence-corrected chi connectivity index (χ2v) is 10.5. The summed E-state index contributed by atoms with van der Waals surface area (Å²) in [5, 5.41) is 4.29. The third kappa shape index (κ3) is 4.85. The number of fused-ring (bicyclic) bond motifs is 2. The molecule has 3 aliphatic heterocycles. The molecule has 4 aromatic rings. The van der Waals surface area contributed by atoms with Gasteiger partial charge in [0.25, 0.3) is 5.91 Å². The number of morpholine rings is 1. The maximum atomic E-state index is 14.3. The van der Waals surface area contributed by atoms with Crippen molar-refractivity contribution in [2.45, 2.75) is 25.6 Å². The zero-order valence-corrected chi connectivity index (χ0v) is 22.3. The molecule has 1 unspecified atom stereocenters. The Balaban J connectivity index is 1.27. The molecule has 4 heterocycles. The number of nitrogens with one attached hydrogen (secondary N) is 1. The quantitative estimate of drug-likeness (QED) is 0.366. The van der Waals surface area contributed by atoms with E-state index in [-0.39, 0.29) is 18.9 Å². The lowest BCUT2D eigenvalue weighted by Crippen LogP contribution is -2.51. The van der Waals surface area contributed by atoms with Crippen molar-refractivity contribution >= 4 is 22.6 Å². The standard InChI is InChI=1S/C32H32N4O4/c37-32(36-12-4-7-31(36)35-13-15-38-16-14-35)26-19-30(33-20-22-5-2-1-3-6-22)34-27-10-8-23(17-25(26)27)24-9-11-28-29(18-24)40-21-39-28/h1-3,5-6,8-11,17-19,31H,4,7,12-16,20-21H2,(H,33,34). The van der Waals surface area contributed by atoms with Crippen LogP contribution in [0.25, 0.3) is 22.0 Å². The Hall–Kier alpha value is -4.14. The molecule has 0 bridgehead atoms. The Kier molecular flexibility index (Phi) is 6.71. The number of amides is 1. The number of aromatic nitrogens is 1. The lowest BCUT2D eigenvalue weighted by molar-refractivity contribution is -0.0151. The molecule has 1 N–H and O–H groups in total. The van der Waals surface area contributed by atoms with Crippen LogP contribution < -0.4 is 14.8 Å². The predicted molar refractivity (Wildman–Crippen MR) is 154 cm³/mol. The number of rotatable bonds is 6. The first-order chi connectivity index (χ1) is 19.7. The van der Waals surface area contributed by atoms with Gasteiger partial charge in [-0.2, -0.15) is 0 Å². The first kappa shape index (κ1) is 24.9. The van der Waals surface area contributed by atoms with Gasteiger partial charge in [-0.3, -0.25) is 9.69 Å². The molecular formula is C32H32N4O4. The van der Waals surface area contributed by atoms with Crippen molar-refractivity contribution in [1.29, 1.82) is 0 Å². The molecule has 1 atom stereocenters. The summed E-state index contributed by atoms with van der Waals surface area (Å²) in [7, 11) is 0. The second-order valence-electron chi connectivity index (χ2n) is 10.5. The number of benzene rings is 3. The largest absolute Gasteiger partial charge is 0.454 e. The molecule has 2 fully saturated rings. The van der Waals surface area contributed by atoms with E-state index >= 15 is 0 Å². The maximum absolute atomic E-state index is 14.3. The van der Waals surface area contributed by atoms with E-state index in [2.05, 4.69) is 34.5 Å². The lowest BCUT2D eigenvalue weighted by Gasteiger charge is -2.37. The smallest absolute Gasteiger partial charge is 0.255 e. The fraction of sp³-hybridized carbons (Fsp3) is 0.312. The topological polar surface area (TPSA) is 76.2 Å². The summed E-state index contributed by atoms with van der Waals surface area (Å²) in [5.74, 6) is 2.22. The minimum absolute atomic E-state index is 0.0481. The van der Waals surface area contributed by atoms with Crippen molar-refractivity contribution in [3.8, 4) is 22.6 Å². The molecule has 8 heteroatoms. The highest BCUT2D eigenvalue weighted by atomic mass is 16.7. The summed E-state index contributed by atoms with van der Waals surface area (Å²) in [6.45, 7) is 4.74. The number of nitrogens with zero attached hydrogens (tertiary/aromatic N) is 3. The molecule has 1 aromatic heterocycles. The van der Waals surface area contributed by atoms with Crippen molar-refractivity contribution in [1.82, 2.24) is 14.8 Å². The van der Waals surface area contributed by atoms with Gasteiger partial charge in [0, 0.05) is 31.6 Å². The van der Waals surface area contributed by atoms with E-state index in [0.717, 1.165) is 71.6 Å².